The molecule has 1 aromatic rings. The van der Waals surface area contributed by atoms with Gasteiger partial charge in [-0.2, -0.15) is 0 Å². The lowest BCUT2D eigenvalue weighted by Crippen LogP contribution is -2.44. The predicted octanol–water partition coefficient (Wildman–Crippen LogP) is 5.78. The molecular weight excluding hydrogens is 374 g/mol. The second-order valence-corrected chi connectivity index (χ2v) is 9.92. The number of nitrogens with zero attached hydrogens (tertiary/aromatic N) is 1. The molecule has 150 valence electrons. The van der Waals surface area contributed by atoms with E-state index in [0.717, 1.165) is 17.2 Å². The van der Waals surface area contributed by atoms with Crippen LogP contribution in [0.4, 0.5) is 0 Å². The topological polar surface area (TPSA) is 38.7 Å². The molecular formula is C22H33NO2S2. The van der Waals surface area contributed by atoms with E-state index < -0.39 is 6.04 Å². The van der Waals surface area contributed by atoms with Crippen molar-refractivity contribution < 1.29 is 9.53 Å². The number of hydrogen-bond donors (Lipinski definition) is 0. The van der Waals surface area contributed by atoms with Crippen LogP contribution in [-0.4, -0.2) is 35.0 Å². The summed E-state index contributed by atoms with van der Waals surface area (Å²) in [7, 11) is 0. The van der Waals surface area contributed by atoms with Crippen LogP contribution in [0.15, 0.2) is 35.3 Å². The molecule has 0 heterocycles. The van der Waals surface area contributed by atoms with Crippen molar-refractivity contribution in [1.29, 1.82) is 0 Å². The lowest BCUT2D eigenvalue weighted by atomic mass is 9.64. The number of rotatable bonds is 5. The first-order valence-corrected chi connectivity index (χ1v) is 12.2. The van der Waals surface area contributed by atoms with E-state index in [1.54, 1.807) is 23.5 Å². The SMILES string of the molecule is CSC(=N[C@@H](C)C(=O)O[C@@H]1C[C@H](C)CC[C@H]1C(C)(C)c1ccccc1)SC. The molecule has 0 spiro atoms. The summed E-state index contributed by atoms with van der Waals surface area (Å²) >= 11 is 3.14. The monoisotopic (exact) mass is 407 g/mol. The number of benzene rings is 1. The van der Waals surface area contributed by atoms with Crippen LogP contribution in [0.1, 0.15) is 52.5 Å². The maximum atomic E-state index is 12.7. The van der Waals surface area contributed by atoms with Crippen molar-refractivity contribution in [2.24, 2.45) is 16.8 Å². The molecule has 27 heavy (non-hydrogen) atoms. The van der Waals surface area contributed by atoms with E-state index in [0.29, 0.717) is 11.8 Å². The molecule has 0 aromatic heterocycles. The maximum Gasteiger partial charge on any atom is 0.330 e. The van der Waals surface area contributed by atoms with Gasteiger partial charge in [0.05, 0.1) is 0 Å². The molecule has 0 aliphatic heterocycles. The maximum absolute atomic E-state index is 12.7. The highest BCUT2D eigenvalue weighted by atomic mass is 32.2. The highest BCUT2D eigenvalue weighted by Gasteiger charge is 2.42. The van der Waals surface area contributed by atoms with Crippen LogP contribution in [0.2, 0.25) is 0 Å². The van der Waals surface area contributed by atoms with Crippen LogP contribution in [-0.2, 0) is 14.9 Å². The number of carbonyl (C=O) groups excluding carboxylic acids is 1. The van der Waals surface area contributed by atoms with Gasteiger partial charge in [0.1, 0.15) is 16.5 Å². The zero-order valence-electron chi connectivity index (χ0n) is 17.4. The standard InChI is InChI=1S/C22H33NO2S2/c1-15-12-13-18(22(3,4)17-10-8-7-9-11-17)19(14-15)25-20(24)16(2)23-21(26-5)27-6/h7-11,15-16,18-19H,12-14H2,1-6H3/t15-,16+,18-,19-/m1/s1. The second-order valence-electron chi connectivity index (χ2n) is 8.07. The van der Waals surface area contributed by atoms with Crippen LogP contribution in [0.25, 0.3) is 0 Å². The smallest absolute Gasteiger partial charge is 0.330 e. The van der Waals surface area contributed by atoms with Crippen molar-refractivity contribution in [3.8, 4) is 0 Å². The minimum absolute atomic E-state index is 0.0391. The van der Waals surface area contributed by atoms with Gasteiger partial charge in [0.25, 0.3) is 0 Å². The average Bonchev–Trinajstić information content (AvgIpc) is 2.66. The van der Waals surface area contributed by atoms with Crippen LogP contribution in [0.5, 0.6) is 0 Å². The van der Waals surface area contributed by atoms with E-state index in [1.807, 2.05) is 19.4 Å². The molecule has 3 nitrogen and oxygen atoms in total. The molecule has 0 saturated heterocycles. The van der Waals surface area contributed by atoms with Gasteiger partial charge in [-0.3, -0.25) is 4.99 Å². The fraction of sp³-hybridized carbons (Fsp3) is 0.636. The zero-order chi connectivity index (χ0) is 20.0. The number of hydrogen-bond acceptors (Lipinski definition) is 5. The van der Waals surface area contributed by atoms with E-state index in [4.69, 9.17) is 4.74 Å². The summed E-state index contributed by atoms with van der Waals surface area (Å²) in [5, 5.41) is 0. The number of aliphatic imine (C=N–C) groups is 1. The van der Waals surface area contributed by atoms with Gasteiger partial charge in [-0.15, -0.1) is 23.5 Å². The van der Waals surface area contributed by atoms with Crippen LogP contribution < -0.4 is 0 Å². The highest BCUT2D eigenvalue weighted by Crippen LogP contribution is 2.43. The van der Waals surface area contributed by atoms with Gasteiger partial charge in [-0.05, 0) is 49.2 Å². The quantitative estimate of drug-likeness (QED) is 0.352. The molecule has 0 amide bonds. The number of ether oxygens (including phenoxy) is 1. The Kier molecular flexibility index (Phi) is 8.29. The van der Waals surface area contributed by atoms with Crippen LogP contribution in [0.3, 0.4) is 0 Å². The first-order valence-electron chi connectivity index (χ1n) is 9.71. The molecule has 0 radical (unpaired) electrons. The molecule has 0 bridgehead atoms. The molecule has 0 N–H and O–H groups in total. The Morgan fingerprint density at radius 1 is 1.19 bits per heavy atom. The fourth-order valence-electron chi connectivity index (χ4n) is 4.01. The number of thioether (sulfide) groups is 2. The lowest BCUT2D eigenvalue weighted by Gasteiger charge is -2.44. The van der Waals surface area contributed by atoms with Gasteiger partial charge >= 0.3 is 5.97 Å². The van der Waals surface area contributed by atoms with Crippen molar-refractivity contribution in [2.45, 2.75) is 64.5 Å². The van der Waals surface area contributed by atoms with Crippen LogP contribution in [0, 0.1) is 11.8 Å². The highest BCUT2D eigenvalue weighted by molar-refractivity contribution is 8.38. The molecule has 1 saturated carbocycles. The van der Waals surface area contributed by atoms with Gasteiger partial charge in [0.15, 0.2) is 0 Å². The first-order chi connectivity index (χ1) is 12.8. The van der Waals surface area contributed by atoms with Crippen molar-refractivity contribution in [2.75, 3.05) is 12.5 Å². The summed E-state index contributed by atoms with van der Waals surface area (Å²) in [5.41, 5.74) is 1.27. The summed E-state index contributed by atoms with van der Waals surface area (Å²) < 4.78 is 6.98. The third-order valence-corrected chi connectivity index (χ3v) is 7.66. The van der Waals surface area contributed by atoms with Crippen molar-refractivity contribution in [3.63, 3.8) is 0 Å². The predicted molar refractivity (Wildman–Crippen MR) is 120 cm³/mol. The lowest BCUT2D eigenvalue weighted by molar-refractivity contribution is -0.157. The Bertz CT molecular complexity index is 639. The minimum atomic E-state index is -0.461. The Balaban J connectivity index is 2.18. The Hall–Kier alpha value is -0.940. The van der Waals surface area contributed by atoms with Crippen LogP contribution >= 0.6 is 23.5 Å². The van der Waals surface area contributed by atoms with Gasteiger partial charge in [-0.25, -0.2) is 4.79 Å². The summed E-state index contributed by atoms with van der Waals surface area (Å²) in [6.45, 7) is 8.65. The average molecular weight is 408 g/mol. The van der Waals surface area contributed by atoms with E-state index in [1.165, 1.54) is 12.0 Å². The van der Waals surface area contributed by atoms with Crippen molar-refractivity contribution in [1.82, 2.24) is 0 Å². The third kappa shape index (κ3) is 5.77. The Morgan fingerprint density at radius 2 is 1.81 bits per heavy atom. The normalized spacial score (nSPS) is 24.1. The molecule has 2 rings (SSSR count). The second kappa shape index (κ2) is 10.0. The third-order valence-electron chi connectivity index (χ3n) is 5.76. The zero-order valence-corrected chi connectivity index (χ0v) is 19.0. The molecule has 1 fully saturated rings. The molecule has 5 heteroatoms. The Morgan fingerprint density at radius 3 is 2.41 bits per heavy atom. The van der Waals surface area contributed by atoms with Gasteiger partial charge in [0, 0.05) is 5.92 Å². The molecule has 1 aliphatic carbocycles. The van der Waals surface area contributed by atoms with Crippen molar-refractivity contribution in [3.05, 3.63) is 35.9 Å². The Labute approximate surface area is 173 Å². The van der Waals surface area contributed by atoms with E-state index >= 15 is 0 Å². The summed E-state index contributed by atoms with van der Waals surface area (Å²) in [5.74, 6) is 0.692. The molecule has 1 aliphatic rings. The molecule has 1 aromatic carbocycles. The van der Waals surface area contributed by atoms with E-state index in [9.17, 15) is 4.79 Å². The van der Waals surface area contributed by atoms with E-state index in [-0.39, 0.29) is 17.5 Å². The minimum Gasteiger partial charge on any atom is -0.460 e. The first kappa shape index (κ1) is 22.4. The number of carbonyl (C=O) groups is 1. The summed E-state index contributed by atoms with van der Waals surface area (Å²) in [6.07, 6.45) is 7.11. The summed E-state index contributed by atoms with van der Waals surface area (Å²) in [4.78, 5) is 17.3. The van der Waals surface area contributed by atoms with Gasteiger partial charge in [0.2, 0.25) is 0 Å². The van der Waals surface area contributed by atoms with Crippen molar-refractivity contribution >= 4 is 33.9 Å². The van der Waals surface area contributed by atoms with Gasteiger partial charge < -0.3 is 4.74 Å². The summed E-state index contributed by atoms with van der Waals surface area (Å²) in [6, 6.07) is 10.1. The van der Waals surface area contributed by atoms with Gasteiger partial charge in [-0.1, -0.05) is 57.5 Å². The molecule has 4 atom stereocenters. The number of esters is 1. The largest absolute Gasteiger partial charge is 0.460 e. The molecule has 0 unspecified atom stereocenters. The fourth-order valence-corrected chi connectivity index (χ4v) is 5.21. The van der Waals surface area contributed by atoms with E-state index in [2.05, 4.69) is 56.1 Å².